The largest absolute Gasteiger partial charge is 0.466 e. The van der Waals surface area contributed by atoms with E-state index in [1.807, 2.05) is 24.3 Å². The van der Waals surface area contributed by atoms with Crippen molar-refractivity contribution >= 4 is 17.6 Å². The number of ether oxygens (including phenoxy) is 2. The number of hydrogen-bond acceptors (Lipinski definition) is 6. The first-order valence-electron chi connectivity index (χ1n) is 12.2. The molecule has 6 heteroatoms. The SMILES string of the molecule is CCC(COC(=O)c1ccccc1)C[C@H]1CC(C(=O)OC)=C2Nc3ccccc3[C@@]23CCN[C@@H]13. The monoisotopic (exact) mass is 460 g/mol. The third kappa shape index (κ3) is 3.70. The summed E-state index contributed by atoms with van der Waals surface area (Å²) in [6.45, 7) is 3.41. The van der Waals surface area contributed by atoms with Gasteiger partial charge in [0.1, 0.15) is 0 Å². The van der Waals surface area contributed by atoms with Gasteiger partial charge in [-0.15, -0.1) is 0 Å². The molecule has 2 heterocycles. The highest BCUT2D eigenvalue weighted by Crippen LogP contribution is 2.57. The van der Waals surface area contributed by atoms with Crippen molar-refractivity contribution in [3.05, 3.63) is 77.0 Å². The van der Waals surface area contributed by atoms with Crippen LogP contribution in [0.25, 0.3) is 0 Å². The first-order valence-corrected chi connectivity index (χ1v) is 12.2. The number of carbonyl (C=O) groups excluding carboxylic acids is 2. The average Bonchev–Trinajstić information content (AvgIpc) is 3.47. The summed E-state index contributed by atoms with van der Waals surface area (Å²) in [7, 11) is 1.45. The summed E-state index contributed by atoms with van der Waals surface area (Å²) >= 11 is 0. The second kappa shape index (κ2) is 9.26. The molecule has 4 atom stereocenters. The normalized spacial score (nSPS) is 25.6. The van der Waals surface area contributed by atoms with Gasteiger partial charge in [-0.1, -0.05) is 49.7 Å². The van der Waals surface area contributed by atoms with E-state index in [0.29, 0.717) is 18.6 Å². The smallest absolute Gasteiger partial charge is 0.338 e. The van der Waals surface area contributed by atoms with E-state index in [2.05, 4.69) is 35.8 Å². The van der Waals surface area contributed by atoms with Gasteiger partial charge in [-0.3, -0.25) is 0 Å². The molecule has 0 amide bonds. The molecule has 0 bridgehead atoms. The topological polar surface area (TPSA) is 76.7 Å². The lowest BCUT2D eigenvalue weighted by molar-refractivity contribution is -0.136. The Balaban J connectivity index is 1.41. The minimum atomic E-state index is -0.287. The molecular formula is C28H32N2O4. The molecular weight excluding hydrogens is 428 g/mol. The van der Waals surface area contributed by atoms with Crippen LogP contribution in [0.15, 0.2) is 65.9 Å². The van der Waals surface area contributed by atoms with Crippen LogP contribution in [-0.2, 0) is 19.7 Å². The van der Waals surface area contributed by atoms with Gasteiger partial charge in [-0.2, -0.15) is 0 Å². The van der Waals surface area contributed by atoms with E-state index in [1.54, 1.807) is 12.1 Å². The molecule has 3 aliphatic rings. The summed E-state index contributed by atoms with van der Waals surface area (Å²) in [5.41, 5.74) is 4.42. The molecule has 1 aliphatic carbocycles. The second-order valence-electron chi connectivity index (χ2n) is 9.61. The summed E-state index contributed by atoms with van der Waals surface area (Å²) in [6.07, 6.45) is 3.35. The summed E-state index contributed by atoms with van der Waals surface area (Å²) < 4.78 is 10.9. The number of anilines is 1. The van der Waals surface area contributed by atoms with Crippen LogP contribution >= 0.6 is 0 Å². The number of esters is 2. The molecule has 2 aromatic carbocycles. The fourth-order valence-electron chi connectivity index (χ4n) is 6.25. The number of carbonyl (C=O) groups is 2. The number of benzene rings is 2. The maximum absolute atomic E-state index is 12.9. The van der Waals surface area contributed by atoms with E-state index in [9.17, 15) is 9.59 Å². The zero-order valence-corrected chi connectivity index (χ0v) is 19.8. The van der Waals surface area contributed by atoms with Gasteiger partial charge in [-0.05, 0) is 61.4 Å². The van der Waals surface area contributed by atoms with Crippen LogP contribution < -0.4 is 10.6 Å². The molecule has 1 unspecified atom stereocenters. The molecule has 2 N–H and O–H groups in total. The molecule has 1 saturated heterocycles. The summed E-state index contributed by atoms with van der Waals surface area (Å²) in [5, 5.41) is 7.35. The van der Waals surface area contributed by atoms with Crippen molar-refractivity contribution in [3.8, 4) is 0 Å². The van der Waals surface area contributed by atoms with Crippen molar-refractivity contribution in [1.82, 2.24) is 5.32 Å². The first kappa shape index (κ1) is 22.7. The molecule has 2 aromatic rings. The molecule has 1 spiro atoms. The minimum Gasteiger partial charge on any atom is -0.466 e. The minimum absolute atomic E-state index is 0.210. The van der Waals surface area contributed by atoms with Crippen LogP contribution in [-0.4, -0.2) is 38.2 Å². The molecule has 34 heavy (non-hydrogen) atoms. The van der Waals surface area contributed by atoms with Crippen LogP contribution in [0.1, 0.15) is 48.5 Å². The molecule has 2 aliphatic heterocycles. The molecule has 178 valence electrons. The summed E-state index contributed by atoms with van der Waals surface area (Å²) in [6, 6.07) is 17.7. The van der Waals surface area contributed by atoms with Crippen molar-refractivity contribution in [3.63, 3.8) is 0 Å². The standard InChI is InChI=1S/C28H32N2O4/c1-3-18(17-34-26(31)19-9-5-4-6-10-19)15-20-16-21(27(32)33-2)25-28(13-14-29-24(20)28)22-11-7-8-12-23(22)30-25/h4-12,18,20,24,29-30H,3,13-17H2,1-2H3/t18?,20-,24-,28+/m0/s1. The number of rotatable bonds is 7. The Hall–Kier alpha value is -3.12. The molecule has 0 radical (unpaired) electrons. The Morgan fingerprint density at radius 3 is 2.62 bits per heavy atom. The van der Waals surface area contributed by atoms with Gasteiger partial charge >= 0.3 is 11.9 Å². The van der Waals surface area contributed by atoms with Gasteiger partial charge in [0.05, 0.1) is 30.3 Å². The molecule has 5 rings (SSSR count). The lowest BCUT2D eigenvalue weighted by Crippen LogP contribution is -2.50. The highest BCUT2D eigenvalue weighted by molar-refractivity contribution is 5.93. The van der Waals surface area contributed by atoms with E-state index in [1.165, 1.54) is 12.7 Å². The molecule has 6 nitrogen and oxygen atoms in total. The van der Waals surface area contributed by atoms with E-state index in [-0.39, 0.29) is 35.2 Å². The zero-order valence-electron chi connectivity index (χ0n) is 19.8. The fourth-order valence-corrected chi connectivity index (χ4v) is 6.25. The molecule has 1 fully saturated rings. The van der Waals surface area contributed by atoms with Crippen molar-refractivity contribution in [2.75, 3.05) is 25.6 Å². The van der Waals surface area contributed by atoms with Crippen molar-refractivity contribution in [2.24, 2.45) is 11.8 Å². The maximum atomic E-state index is 12.9. The Kier molecular flexibility index (Phi) is 6.17. The van der Waals surface area contributed by atoms with Crippen molar-refractivity contribution in [1.29, 1.82) is 0 Å². The van der Waals surface area contributed by atoms with E-state index in [0.717, 1.165) is 42.8 Å². The zero-order chi connectivity index (χ0) is 23.7. The van der Waals surface area contributed by atoms with E-state index < -0.39 is 0 Å². The highest BCUT2D eigenvalue weighted by atomic mass is 16.5. The summed E-state index contributed by atoms with van der Waals surface area (Å²) in [4.78, 5) is 25.4. The number of nitrogens with one attached hydrogen (secondary N) is 2. The van der Waals surface area contributed by atoms with Crippen LogP contribution in [0.4, 0.5) is 5.69 Å². The predicted octanol–water partition coefficient (Wildman–Crippen LogP) is 4.43. The number of hydrogen-bond donors (Lipinski definition) is 2. The summed E-state index contributed by atoms with van der Waals surface area (Å²) in [5.74, 6) is -0.103. The second-order valence-corrected chi connectivity index (χ2v) is 9.61. The Morgan fingerprint density at radius 2 is 1.85 bits per heavy atom. The van der Waals surface area contributed by atoms with Gasteiger partial charge in [0.25, 0.3) is 0 Å². The van der Waals surface area contributed by atoms with Crippen molar-refractivity contribution in [2.45, 2.75) is 44.1 Å². The van der Waals surface area contributed by atoms with Gasteiger partial charge in [0.2, 0.25) is 0 Å². The van der Waals surface area contributed by atoms with E-state index in [4.69, 9.17) is 9.47 Å². The Bertz CT molecular complexity index is 1110. The van der Waals surface area contributed by atoms with Gasteiger partial charge in [0, 0.05) is 17.4 Å². The van der Waals surface area contributed by atoms with Gasteiger partial charge in [0.15, 0.2) is 0 Å². The molecule has 0 saturated carbocycles. The lowest BCUT2D eigenvalue weighted by Gasteiger charge is -2.43. The maximum Gasteiger partial charge on any atom is 0.338 e. The van der Waals surface area contributed by atoms with Crippen LogP contribution in [0, 0.1) is 11.8 Å². The lowest BCUT2D eigenvalue weighted by atomic mass is 9.62. The number of para-hydroxylation sites is 1. The molecule has 0 aromatic heterocycles. The Labute approximate surface area is 200 Å². The fraction of sp³-hybridized carbons (Fsp3) is 0.429. The Morgan fingerprint density at radius 1 is 1.09 bits per heavy atom. The predicted molar refractivity (Wildman–Crippen MR) is 130 cm³/mol. The van der Waals surface area contributed by atoms with Crippen LogP contribution in [0.5, 0.6) is 0 Å². The van der Waals surface area contributed by atoms with Gasteiger partial charge in [-0.25, -0.2) is 9.59 Å². The van der Waals surface area contributed by atoms with Crippen LogP contribution in [0.3, 0.4) is 0 Å². The first-order chi connectivity index (χ1) is 16.6. The average molecular weight is 461 g/mol. The third-order valence-corrected chi connectivity index (χ3v) is 7.87. The highest BCUT2D eigenvalue weighted by Gasteiger charge is 2.58. The van der Waals surface area contributed by atoms with Crippen LogP contribution in [0.2, 0.25) is 0 Å². The quantitative estimate of drug-likeness (QED) is 0.596. The van der Waals surface area contributed by atoms with Crippen molar-refractivity contribution < 1.29 is 19.1 Å². The third-order valence-electron chi connectivity index (χ3n) is 7.87. The number of methoxy groups -OCH3 is 1. The van der Waals surface area contributed by atoms with E-state index >= 15 is 0 Å². The van der Waals surface area contributed by atoms with Gasteiger partial charge < -0.3 is 20.1 Å². The number of fused-ring (bicyclic) bond motifs is 1.